The molecular weight excluding hydrogens is 297 g/mol. The molecule has 0 amide bonds. The summed E-state index contributed by atoms with van der Waals surface area (Å²) in [7, 11) is 0. The van der Waals surface area contributed by atoms with Crippen molar-refractivity contribution in [3.05, 3.63) is 36.0 Å². The molecule has 0 unspecified atom stereocenters. The van der Waals surface area contributed by atoms with Crippen LogP contribution in [0.5, 0.6) is 5.88 Å². The second kappa shape index (κ2) is 4.88. The molecule has 23 heavy (non-hydrogen) atoms. The molecule has 0 bridgehead atoms. The molecule has 7 heteroatoms. The molecule has 112 valence electrons. The number of halogens is 1. The first-order chi connectivity index (χ1) is 11.2. The lowest BCUT2D eigenvalue weighted by Crippen LogP contribution is -1.88. The van der Waals surface area contributed by atoms with Crippen molar-refractivity contribution in [2.45, 2.75) is 12.8 Å². The van der Waals surface area contributed by atoms with Gasteiger partial charge in [-0.25, -0.2) is 9.37 Å². The van der Waals surface area contributed by atoms with Gasteiger partial charge in [-0.1, -0.05) is 0 Å². The first-order valence-electron chi connectivity index (χ1n) is 7.00. The summed E-state index contributed by atoms with van der Waals surface area (Å²) >= 11 is 0. The van der Waals surface area contributed by atoms with E-state index >= 15 is 0 Å². The number of nitriles is 1. The normalized spacial score (nSPS) is 11.3. The maximum absolute atomic E-state index is 13.7. The van der Waals surface area contributed by atoms with Crippen molar-refractivity contribution in [3.63, 3.8) is 0 Å². The maximum Gasteiger partial charge on any atom is 0.239 e. The summed E-state index contributed by atoms with van der Waals surface area (Å²) in [6, 6.07) is 6.41. The van der Waals surface area contributed by atoms with Crippen LogP contribution in [0, 0.1) is 17.1 Å². The van der Waals surface area contributed by atoms with Gasteiger partial charge in [0.25, 0.3) is 0 Å². The van der Waals surface area contributed by atoms with Crippen molar-refractivity contribution in [2.75, 3.05) is 0 Å². The van der Waals surface area contributed by atoms with Gasteiger partial charge in [0.1, 0.15) is 11.6 Å². The summed E-state index contributed by atoms with van der Waals surface area (Å²) in [4.78, 5) is 7.70. The molecule has 6 nitrogen and oxygen atoms in total. The Morgan fingerprint density at radius 2 is 2.13 bits per heavy atom. The Hall–Kier alpha value is -3.27. The minimum atomic E-state index is -0.408. The lowest BCUT2D eigenvalue weighted by atomic mass is 10.0. The molecule has 2 N–H and O–H groups in total. The number of aryl methyl sites for hydroxylation is 1. The first kappa shape index (κ1) is 13.4. The second-order valence-electron chi connectivity index (χ2n) is 5.21. The quantitative estimate of drug-likeness (QED) is 0.555. The fraction of sp³-hybridized carbons (Fsp3) is 0.125. The van der Waals surface area contributed by atoms with Crippen LogP contribution in [0.4, 0.5) is 4.39 Å². The largest absolute Gasteiger partial charge is 0.492 e. The molecule has 4 aromatic rings. The Kier molecular flexibility index (Phi) is 2.84. The highest BCUT2D eigenvalue weighted by molar-refractivity contribution is 6.24. The van der Waals surface area contributed by atoms with Gasteiger partial charge in [-0.2, -0.15) is 10.4 Å². The number of hydrogen-bond donors (Lipinski definition) is 2. The Morgan fingerprint density at radius 1 is 1.26 bits per heavy atom. The van der Waals surface area contributed by atoms with E-state index in [2.05, 4.69) is 26.2 Å². The predicted molar refractivity (Wildman–Crippen MR) is 82.3 cm³/mol. The minimum absolute atomic E-state index is 0.256. The van der Waals surface area contributed by atoms with Gasteiger partial charge < -0.3 is 10.1 Å². The van der Waals surface area contributed by atoms with E-state index in [1.165, 1.54) is 18.3 Å². The summed E-state index contributed by atoms with van der Waals surface area (Å²) in [6.07, 6.45) is 2.34. The van der Waals surface area contributed by atoms with E-state index in [0.29, 0.717) is 51.2 Å². The van der Waals surface area contributed by atoms with Gasteiger partial charge in [0, 0.05) is 29.0 Å². The molecule has 0 radical (unpaired) electrons. The van der Waals surface area contributed by atoms with Crippen LogP contribution in [0.15, 0.2) is 24.4 Å². The summed E-state index contributed by atoms with van der Waals surface area (Å²) < 4.78 is 13.7. The lowest BCUT2D eigenvalue weighted by Gasteiger charge is -2.06. The van der Waals surface area contributed by atoms with E-state index in [9.17, 15) is 9.50 Å². The molecule has 0 atom stereocenters. The van der Waals surface area contributed by atoms with Crippen molar-refractivity contribution in [1.29, 1.82) is 5.26 Å². The van der Waals surface area contributed by atoms with Crippen LogP contribution in [0.2, 0.25) is 0 Å². The van der Waals surface area contributed by atoms with Gasteiger partial charge in [0.05, 0.1) is 28.7 Å². The van der Waals surface area contributed by atoms with Gasteiger partial charge in [-0.15, -0.1) is 5.10 Å². The Balaban J connectivity index is 2.20. The van der Waals surface area contributed by atoms with Gasteiger partial charge in [0.15, 0.2) is 0 Å². The van der Waals surface area contributed by atoms with E-state index in [4.69, 9.17) is 5.26 Å². The molecule has 0 fully saturated rings. The van der Waals surface area contributed by atoms with Crippen LogP contribution < -0.4 is 0 Å². The third kappa shape index (κ3) is 1.96. The topological polar surface area (TPSA) is 98.5 Å². The predicted octanol–water partition coefficient (Wildman–Crippen LogP) is 2.96. The van der Waals surface area contributed by atoms with Crippen molar-refractivity contribution in [1.82, 2.24) is 20.2 Å². The number of imidazole rings is 1. The number of fused-ring (bicyclic) bond motifs is 6. The Morgan fingerprint density at radius 3 is 2.96 bits per heavy atom. The van der Waals surface area contributed by atoms with E-state index in [1.807, 2.05) is 0 Å². The summed E-state index contributed by atoms with van der Waals surface area (Å²) in [5.74, 6) is -0.00115. The zero-order valence-electron chi connectivity index (χ0n) is 11.8. The Labute approximate surface area is 129 Å². The van der Waals surface area contributed by atoms with Crippen molar-refractivity contribution >= 4 is 32.6 Å². The number of aromatic hydroxyl groups is 1. The van der Waals surface area contributed by atoms with Crippen LogP contribution in [-0.4, -0.2) is 25.3 Å². The van der Waals surface area contributed by atoms with Crippen molar-refractivity contribution in [3.8, 4) is 11.9 Å². The molecular formula is C16H10FN5O. The molecule has 0 aliphatic rings. The van der Waals surface area contributed by atoms with Gasteiger partial charge in [0.2, 0.25) is 5.88 Å². The molecule has 0 saturated carbocycles. The van der Waals surface area contributed by atoms with Crippen LogP contribution in [0.3, 0.4) is 0 Å². The smallest absolute Gasteiger partial charge is 0.239 e. The first-order valence-corrected chi connectivity index (χ1v) is 7.00. The highest BCUT2D eigenvalue weighted by Gasteiger charge is 2.16. The van der Waals surface area contributed by atoms with E-state index < -0.39 is 5.82 Å². The number of aromatic amines is 1. The highest BCUT2D eigenvalue weighted by atomic mass is 19.1. The summed E-state index contributed by atoms with van der Waals surface area (Å²) in [5.41, 5.74) is 1.35. The molecule has 2 aromatic carbocycles. The van der Waals surface area contributed by atoms with Gasteiger partial charge in [-0.3, -0.25) is 0 Å². The zero-order valence-corrected chi connectivity index (χ0v) is 11.8. The Bertz CT molecular complexity index is 1110. The fourth-order valence-corrected chi connectivity index (χ4v) is 2.87. The molecule has 4 rings (SSSR count). The van der Waals surface area contributed by atoms with Crippen molar-refractivity contribution < 1.29 is 9.50 Å². The highest BCUT2D eigenvalue weighted by Crippen LogP contribution is 2.37. The van der Waals surface area contributed by atoms with E-state index in [0.717, 1.165) is 0 Å². The van der Waals surface area contributed by atoms with Crippen LogP contribution in [0.1, 0.15) is 12.2 Å². The zero-order chi connectivity index (χ0) is 16.0. The van der Waals surface area contributed by atoms with Crippen LogP contribution in [0.25, 0.3) is 32.6 Å². The third-order valence-corrected chi connectivity index (χ3v) is 3.83. The maximum atomic E-state index is 13.7. The fourth-order valence-electron chi connectivity index (χ4n) is 2.87. The third-order valence-electron chi connectivity index (χ3n) is 3.83. The lowest BCUT2D eigenvalue weighted by molar-refractivity contribution is 0.453. The number of hydrogen-bond acceptors (Lipinski definition) is 5. The summed E-state index contributed by atoms with van der Waals surface area (Å²) in [6.45, 7) is 0. The number of rotatable bonds is 2. The molecule has 2 heterocycles. The minimum Gasteiger partial charge on any atom is -0.492 e. The number of benzene rings is 2. The molecule has 2 aromatic heterocycles. The average molecular weight is 307 g/mol. The van der Waals surface area contributed by atoms with E-state index in [1.54, 1.807) is 6.07 Å². The number of nitrogens with one attached hydrogen (secondary N) is 1. The number of nitrogens with zero attached hydrogens (tertiary/aromatic N) is 4. The summed E-state index contributed by atoms with van der Waals surface area (Å²) in [5, 5.41) is 28.5. The second-order valence-corrected chi connectivity index (χ2v) is 5.21. The monoisotopic (exact) mass is 307 g/mol. The molecule has 0 aliphatic carbocycles. The van der Waals surface area contributed by atoms with Gasteiger partial charge in [-0.05, 0) is 18.2 Å². The standard InChI is InChI=1S/C16H10FN5O/c17-8-3-4-9-10(6-8)13-11(7-19-22-16(13)23)15-14(9)20-12(21-15)2-1-5-18/h3-4,6-7H,1-2H2,(H,20,21)(H,22,23). The number of aromatic nitrogens is 4. The van der Waals surface area contributed by atoms with Crippen molar-refractivity contribution in [2.24, 2.45) is 0 Å². The molecule has 0 saturated heterocycles. The SMILES string of the molecule is N#CCCc1nc2c3ccc(F)cc3c3c(O)nncc3c2[nH]1. The van der Waals surface area contributed by atoms with Crippen LogP contribution >= 0.6 is 0 Å². The molecule has 0 spiro atoms. The average Bonchev–Trinajstić information content (AvgIpc) is 2.97. The van der Waals surface area contributed by atoms with Crippen LogP contribution in [-0.2, 0) is 6.42 Å². The number of H-pyrrole nitrogens is 1. The van der Waals surface area contributed by atoms with Gasteiger partial charge >= 0.3 is 0 Å². The molecule has 0 aliphatic heterocycles. The van der Waals surface area contributed by atoms with E-state index in [-0.39, 0.29) is 5.88 Å².